The fraction of sp³-hybridized carbons (Fsp3) is 0.160. The monoisotopic (exact) mass is 463 g/mol. The number of carbonyl (C=O) groups excluding carboxylic acids is 1. The molecule has 0 bridgehead atoms. The number of halogens is 1. The van der Waals surface area contributed by atoms with Gasteiger partial charge in [-0.05, 0) is 59.3 Å². The lowest BCUT2D eigenvalue weighted by Gasteiger charge is -2.15. The fourth-order valence-corrected chi connectivity index (χ4v) is 3.82. The van der Waals surface area contributed by atoms with E-state index in [2.05, 4.69) is 51.2 Å². The second kappa shape index (κ2) is 9.18. The highest BCUT2D eigenvalue weighted by Crippen LogP contribution is 2.34. The predicted octanol–water partition coefficient (Wildman–Crippen LogP) is 6.28. The number of rotatable bonds is 7. The van der Waals surface area contributed by atoms with Crippen LogP contribution in [0.3, 0.4) is 0 Å². The van der Waals surface area contributed by atoms with Crippen LogP contribution in [-0.4, -0.2) is 18.1 Å². The van der Waals surface area contributed by atoms with Gasteiger partial charge in [0.1, 0.15) is 12.4 Å². The van der Waals surface area contributed by atoms with Crippen molar-refractivity contribution in [3.8, 4) is 16.9 Å². The number of carbonyl (C=O) groups is 1. The van der Waals surface area contributed by atoms with Gasteiger partial charge in [-0.2, -0.15) is 0 Å². The van der Waals surface area contributed by atoms with Gasteiger partial charge in [-0.15, -0.1) is 0 Å². The summed E-state index contributed by atoms with van der Waals surface area (Å²) in [4.78, 5) is 14.8. The Kier molecular flexibility index (Phi) is 6.19. The molecule has 0 aliphatic heterocycles. The van der Waals surface area contributed by atoms with Crippen molar-refractivity contribution >= 4 is 32.8 Å². The lowest BCUT2D eigenvalue weighted by Crippen LogP contribution is -2.03. The van der Waals surface area contributed by atoms with E-state index >= 15 is 0 Å². The minimum absolute atomic E-state index is 0.209. The highest BCUT2D eigenvalue weighted by atomic mass is 79.9. The van der Waals surface area contributed by atoms with Crippen LogP contribution in [0.2, 0.25) is 0 Å². The van der Waals surface area contributed by atoms with E-state index in [-0.39, 0.29) is 5.97 Å². The average molecular weight is 464 g/mol. The fourth-order valence-electron chi connectivity index (χ4n) is 3.42. The number of benzene rings is 3. The lowest BCUT2D eigenvalue weighted by atomic mass is 9.98. The molecule has 4 nitrogen and oxygen atoms in total. The second-order valence-electron chi connectivity index (χ2n) is 7.07. The van der Waals surface area contributed by atoms with Crippen LogP contribution in [0.1, 0.15) is 17.5 Å². The Bertz CT molecular complexity index is 1180. The van der Waals surface area contributed by atoms with Crippen molar-refractivity contribution in [3.63, 3.8) is 0 Å². The van der Waals surface area contributed by atoms with E-state index in [1.807, 2.05) is 42.6 Å². The molecule has 0 saturated carbocycles. The Hall–Kier alpha value is -3.05. The van der Waals surface area contributed by atoms with E-state index in [0.29, 0.717) is 19.4 Å². The number of methoxy groups -OCH3 is 1. The second-order valence-corrected chi connectivity index (χ2v) is 7.92. The Morgan fingerprint density at radius 3 is 2.73 bits per heavy atom. The molecule has 1 N–H and O–H groups in total. The number of aromatic amines is 1. The van der Waals surface area contributed by atoms with Crippen LogP contribution < -0.4 is 4.74 Å². The summed E-state index contributed by atoms with van der Waals surface area (Å²) in [6.07, 6.45) is 2.91. The maximum Gasteiger partial charge on any atom is 0.305 e. The van der Waals surface area contributed by atoms with Crippen molar-refractivity contribution in [2.75, 3.05) is 7.11 Å². The third-order valence-corrected chi connectivity index (χ3v) is 5.87. The molecule has 1 heterocycles. The number of esters is 1. The molecular weight excluding hydrogens is 442 g/mol. The summed E-state index contributed by atoms with van der Waals surface area (Å²) < 4.78 is 12.0. The van der Waals surface area contributed by atoms with Gasteiger partial charge in [-0.1, -0.05) is 46.3 Å². The number of nitrogens with one attached hydrogen (secondary N) is 1. The number of ether oxygens (including phenoxy) is 2. The summed E-state index contributed by atoms with van der Waals surface area (Å²) >= 11 is 3.58. The summed E-state index contributed by atoms with van der Waals surface area (Å²) in [6, 6.07) is 22.5. The van der Waals surface area contributed by atoms with Crippen molar-refractivity contribution in [1.29, 1.82) is 0 Å². The normalized spacial score (nSPS) is 10.9. The molecular formula is C25H22BrNO3. The topological polar surface area (TPSA) is 51.3 Å². The molecule has 4 aromatic rings. The number of fused-ring (bicyclic) bond motifs is 1. The summed E-state index contributed by atoms with van der Waals surface area (Å²) in [6.45, 7) is 0.461. The Balaban J connectivity index is 1.67. The zero-order valence-electron chi connectivity index (χ0n) is 16.7. The molecule has 0 fully saturated rings. The summed E-state index contributed by atoms with van der Waals surface area (Å²) in [5, 5.41) is 1.14. The minimum atomic E-state index is -0.209. The van der Waals surface area contributed by atoms with Crippen molar-refractivity contribution in [2.45, 2.75) is 19.4 Å². The SMILES string of the molecule is COC(=O)CCc1ccc(OCc2ccccc2Br)c(-c2ccc3[nH]ccc3c2)c1. The Labute approximate surface area is 184 Å². The molecule has 0 aliphatic rings. The molecule has 4 rings (SSSR count). The molecule has 152 valence electrons. The minimum Gasteiger partial charge on any atom is -0.488 e. The number of H-pyrrole nitrogens is 1. The maximum atomic E-state index is 11.6. The maximum absolute atomic E-state index is 11.6. The molecule has 3 aromatic carbocycles. The van der Waals surface area contributed by atoms with Gasteiger partial charge in [0, 0.05) is 33.7 Å². The van der Waals surface area contributed by atoms with Gasteiger partial charge < -0.3 is 14.5 Å². The number of aryl methyl sites for hydroxylation is 1. The van der Waals surface area contributed by atoms with Gasteiger partial charge in [0.05, 0.1) is 7.11 Å². The van der Waals surface area contributed by atoms with Gasteiger partial charge in [0.2, 0.25) is 0 Å². The smallest absolute Gasteiger partial charge is 0.305 e. The molecule has 1 aromatic heterocycles. The van der Waals surface area contributed by atoms with Crippen LogP contribution in [0, 0.1) is 0 Å². The van der Waals surface area contributed by atoms with Crippen LogP contribution in [0.4, 0.5) is 0 Å². The summed E-state index contributed by atoms with van der Waals surface area (Å²) in [7, 11) is 1.42. The molecule has 5 heteroatoms. The van der Waals surface area contributed by atoms with Gasteiger partial charge in [-0.3, -0.25) is 4.79 Å². The molecule has 0 radical (unpaired) electrons. The van der Waals surface area contributed by atoms with Gasteiger partial charge in [0.25, 0.3) is 0 Å². The van der Waals surface area contributed by atoms with Gasteiger partial charge >= 0.3 is 5.97 Å². The summed E-state index contributed by atoms with van der Waals surface area (Å²) in [5.74, 6) is 0.599. The number of aromatic nitrogens is 1. The number of hydrogen-bond donors (Lipinski definition) is 1. The zero-order chi connectivity index (χ0) is 20.9. The first-order chi connectivity index (χ1) is 14.6. The molecule has 30 heavy (non-hydrogen) atoms. The van der Waals surface area contributed by atoms with Crippen LogP contribution in [-0.2, 0) is 22.6 Å². The standard InChI is InChI=1S/C25H22BrNO3/c1-29-25(28)11-7-17-6-10-24(30-16-20-4-2-3-5-22(20)26)21(14-17)18-8-9-23-19(15-18)12-13-27-23/h2-6,8-10,12-15,27H,7,11,16H2,1H3. The highest BCUT2D eigenvalue weighted by molar-refractivity contribution is 9.10. The Morgan fingerprint density at radius 2 is 1.90 bits per heavy atom. The zero-order valence-corrected chi connectivity index (χ0v) is 18.2. The van der Waals surface area contributed by atoms with Crippen molar-refractivity contribution in [2.24, 2.45) is 0 Å². The predicted molar refractivity (Wildman–Crippen MR) is 123 cm³/mol. The first-order valence-electron chi connectivity index (χ1n) is 9.77. The summed E-state index contributed by atoms with van der Waals surface area (Å²) in [5.41, 5.74) is 5.32. The quantitative estimate of drug-likeness (QED) is 0.328. The van der Waals surface area contributed by atoms with E-state index in [1.54, 1.807) is 0 Å². The van der Waals surface area contributed by atoms with Crippen molar-refractivity contribution < 1.29 is 14.3 Å². The van der Waals surface area contributed by atoms with Crippen molar-refractivity contribution in [1.82, 2.24) is 4.98 Å². The highest BCUT2D eigenvalue weighted by Gasteiger charge is 2.11. The third kappa shape index (κ3) is 4.57. The molecule has 0 atom stereocenters. The first kappa shape index (κ1) is 20.2. The van der Waals surface area contributed by atoms with E-state index in [0.717, 1.165) is 43.4 Å². The van der Waals surface area contributed by atoms with E-state index < -0.39 is 0 Å². The average Bonchev–Trinajstić information content (AvgIpc) is 3.25. The van der Waals surface area contributed by atoms with E-state index in [1.165, 1.54) is 7.11 Å². The van der Waals surface area contributed by atoms with E-state index in [4.69, 9.17) is 9.47 Å². The molecule has 0 spiro atoms. The molecule has 0 saturated heterocycles. The van der Waals surface area contributed by atoms with Crippen LogP contribution in [0.25, 0.3) is 22.0 Å². The van der Waals surface area contributed by atoms with Crippen LogP contribution >= 0.6 is 15.9 Å². The lowest BCUT2D eigenvalue weighted by molar-refractivity contribution is -0.140. The third-order valence-electron chi connectivity index (χ3n) is 5.09. The van der Waals surface area contributed by atoms with E-state index in [9.17, 15) is 4.79 Å². The number of hydrogen-bond acceptors (Lipinski definition) is 3. The Morgan fingerprint density at radius 1 is 1.03 bits per heavy atom. The molecule has 0 amide bonds. The molecule has 0 unspecified atom stereocenters. The first-order valence-corrected chi connectivity index (χ1v) is 10.6. The van der Waals surface area contributed by atoms with Crippen LogP contribution in [0.15, 0.2) is 77.4 Å². The van der Waals surface area contributed by atoms with Gasteiger partial charge in [-0.25, -0.2) is 0 Å². The molecule has 0 aliphatic carbocycles. The van der Waals surface area contributed by atoms with Crippen molar-refractivity contribution in [3.05, 3.63) is 88.5 Å². The van der Waals surface area contributed by atoms with Crippen LogP contribution in [0.5, 0.6) is 5.75 Å². The van der Waals surface area contributed by atoms with Gasteiger partial charge in [0.15, 0.2) is 0 Å². The largest absolute Gasteiger partial charge is 0.488 e.